The molecular weight excluding hydrogens is 376 g/mol. The summed E-state index contributed by atoms with van der Waals surface area (Å²) in [6.45, 7) is 2.91. The number of hydrogen-bond acceptors (Lipinski definition) is 5. The van der Waals surface area contributed by atoms with Gasteiger partial charge < -0.3 is 15.5 Å². The van der Waals surface area contributed by atoms with Gasteiger partial charge in [-0.25, -0.2) is 12.7 Å². The Morgan fingerprint density at radius 2 is 1.85 bits per heavy atom. The van der Waals surface area contributed by atoms with E-state index in [0.717, 1.165) is 42.3 Å². The first kappa shape index (κ1) is 21.0. The zero-order valence-corrected chi connectivity index (χ0v) is 16.9. The lowest BCUT2D eigenvalue weighted by atomic mass is 10.1. The third kappa shape index (κ3) is 3.98. The molecule has 0 radical (unpaired) electrons. The van der Waals surface area contributed by atoms with Gasteiger partial charge in [-0.05, 0) is 37.5 Å². The van der Waals surface area contributed by atoms with Crippen LogP contribution in [0.4, 0.5) is 5.69 Å². The largest absolute Gasteiger partial charge is 0.371 e. The minimum Gasteiger partial charge on any atom is -0.371 e. The standard InChI is InChI=1S/C17H26N4O3S.ClH/c1-19(2)25(23,24)14-5-6-16(20-8-3-4-9-20)15(11-14)17(22)21-10-7-13(18)12-21;/h5-6,11,13H,3-4,7-10,12,18H2,1-2H3;1H/t13-;/m1./s1. The average molecular weight is 403 g/mol. The van der Waals surface area contributed by atoms with Crippen LogP contribution in [0.15, 0.2) is 23.1 Å². The number of sulfonamides is 1. The summed E-state index contributed by atoms with van der Waals surface area (Å²) < 4.78 is 26.1. The van der Waals surface area contributed by atoms with Crippen molar-refractivity contribution >= 4 is 34.0 Å². The van der Waals surface area contributed by atoms with E-state index < -0.39 is 10.0 Å². The number of rotatable bonds is 4. The molecule has 3 rings (SSSR count). The van der Waals surface area contributed by atoms with Gasteiger partial charge in [0, 0.05) is 52.0 Å². The van der Waals surface area contributed by atoms with Gasteiger partial charge in [0.25, 0.3) is 5.91 Å². The van der Waals surface area contributed by atoms with Crippen LogP contribution in [-0.2, 0) is 10.0 Å². The fraction of sp³-hybridized carbons (Fsp3) is 0.588. The predicted octanol–water partition coefficient (Wildman–Crippen LogP) is 1.13. The SMILES string of the molecule is CN(C)S(=O)(=O)c1ccc(N2CCCC2)c(C(=O)N2CC[C@@H](N)C2)c1.Cl. The predicted molar refractivity (Wildman–Crippen MR) is 105 cm³/mol. The molecule has 1 amide bonds. The van der Waals surface area contributed by atoms with Crippen LogP contribution in [-0.4, -0.2) is 69.8 Å². The number of nitrogens with zero attached hydrogens (tertiary/aromatic N) is 3. The molecule has 0 aliphatic carbocycles. The van der Waals surface area contributed by atoms with Crippen molar-refractivity contribution in [3.05, 3.63) is 23.8 Å². The van der Waals surface area contributed by atoms with Crippen molar-refractivity contribution in [3.8, 4) is 0 Å². The molecule has 9 heteroatoms. The fourth-order valence-corrected chi connectivity index (χ4v) is 4.36. The smallest absolute Gasteiger partial charge is 0.256 e. The highest BCUT2D eigenvalue weighted by molar-refractivity contribution is 7.89. The number of benzene rings is 1. The van der Waals surface area contributed by atoms with E-state index >= 15 is 0 Å². The molecule has 0 spiro atoms. The summed E-state index contributed by atoms with van der Waals surface area (Å²) in [5, 5.41) is 0. The van der Waals surface area contributed by atoms with E-state index in [-0.39, 0.29) is 29.3 Å². The molecule has 1 aromatic rings. The van der Waals surface area contributed by atoms with Crippen LogP contribution in [0.2, 0.25) is 0 Å². The number of anilines is 1. The highest BCUT2D eigenvalue weighted by Gasteiger charge is 2.29. The maximum atomic E-state index is 13.1. The van der Waals surface area contributed by atoms with Gasteiger partial charge in [0.15, 0.2) is 0 Å². The topological polar surface area (TPSA) is 87.0 Å². The lowest BCUT2D eigenvalue weighted by Crippen LogP contribution is -2.33. The van der Waals surface area contributed by atoms with Crippen molar-refractivity contribution in [3.63, 3.8) is 0 Å². The van der Waals surface area contributed by atoms with Gasteiger partial charge in [0.05, 0.1) is 10.5 Å². The highest BCUT2D eigenvalue weighted by atomic mass is 35.5. The Labute approximate surface area is 161 Å². The molecule has 0 aromatic heterocycles. The fourth-order valence-electron chi connectivity index (χ4n) is 3.43. The van der Waals surface area contributed by atoms with Gasteiger partial charge in [0.2, 0.25) is 10.0 Å². The van der Waals surface area contributed by atoms with E-state index in [1.807, 2.05) is 0 Å². The summed E-state index contributed by atoms with van der Waals surface area (Å²) in [6, 6.07) is 4.88. The summed E-state index contributed by atoms with van der Waals surface area (Å²) in [7, 11) is -0.607. The van der Waals surface area contributed by atoms with E-state index in [1.54, 1.807) is 17.0 Å². The van der Waals surface area contributed by atoms with Crippen LogP contribution in [0, 0.1) is 0 Å². The number of likely N-dealkylation sites (tertiary alicyclic amines) is 1. The molecular formula is C17H27ClN4O3S. The van der Waals surface area contributed by atoms with E-state index in [4.69, 9.17) is 5.73 Å². The van der Waals surface area contributed by atoms with Crippen molar-refractivity contribution in [1.29, 1.82) is 0 Å². The van der Waals surface area contributed by atoms with E-state index in [0.29, 0.717) is 18.7 Å². The van der Waals surface area contributed by atoms with Crippen LogP contribution in [0.25, 0.3) is 0 Å². The third-order valence-corrected chi connectivity index (χ3v) is 6.75. The van der Waals surface area contributed by atoms with Gasteiger partial charge in [0.1, 0.15) is 0 Å². The molecule has 1 aromatic carbocycles. The van der Waals surface area contributed by atoms with Crippen molar-refractivity contribution in [2.75, 3.05) is 45.2 Å². The Morgan fingerprint density at radius 1 is 1.19 bits per heavy atom. The molecule has 2 aliphatic heterocycles. The Hall–Kier alpha value is -1.35. The number of amides is 1. The maximum Gasteiger partial charge on any atom is 0.256 e. The van der Waals surface area contributed by atoms with Crippen molar-refractivity contribution < 1.29 is 13.2 Å². The number of nitrogens with two attached hydrogens (primary N) is 1. The van der Waals surface area contributed by atoms with Crippen molar-refractivity contribution in [2.45, 2.75) is 30.2 Å². The van der Waals surface area contributed by atoms with Crippen LogP contribution < -0.4 is 10.6 Å². The third-order valence-electron chi connectivity index (χ3n) is 4.94. The number of carbonyl (C=O) groups is 1. The van der Waals surface area contributed by atoms with Gasteiger partial charge in [-0.2, -0.15) is 0 Å². The molecule has 0 saturated carbocycles. The second-order valence-corrected chi connectivity index (χ2v) is 9.11. The normalized spacial score (nSPS) is 20.5. The first-order valence-electron chi connectivity index (χ1n) is 8.67. The van der Waals surface area contributed by atoms with E-state index in [9.17, 15) is 13.2 Å². The van der Waals surface area contributed by atoms with Gasteiger partial charge in [-0.1, -0.05) is 0 Å². The van der Waals surface area contributed by atoms with Gasteiger partial charge >= 0.3 is 0 Å². The lowest BCUT2D eigenvalue weighted by molar-refractivity contribution is 0.0791. The van der Waals surface area contributed by atoms with Gasteiger partial charge in [-0.3, -0.25) is 4.79 Å². The van der Waals surface area contributed by atoms with Crippen LogP contribution >= 0.6 is 12.4 Å². The van der Waals surface area contributed by atoms with Crippen molar-refractivity contribution in [2.24, 2.45) is 5.73 Å². The maximum absolute atomic E-state index is 13.1. The summed E-state index contributed by atoms with van der Waals surface area (Å²) in [5.41, 5.74) is 7.21. The van der Waals surface area contributed by atoms with E-state index in [1.165, 1.54) is 20.2 Å². The molecule has 26 heavy (non-hydrogen) atoms. The quantitative estimate of drug-likeness (QED) is 0.815. The Morgan fingerprint density at radius 3 is 2.38 bits per heavy atom. The second-order valence-electron chi connectivity index (χ2n) is 6.96. The Bertz CT molecular complexity index is 763. The molecule has 146 valence electrons. The number of halogens is 1. The van der Waals surface area contributed by atoms with Gasteiger partial charge in [-0.15, -0.1) is 12.4 Å². The molecule has 2 N–H and O–H groups in total. The zero-order valence-electron chi connectivity index (χ0n) is 15.2. The van der Waals surface area contributed by atoms with Crippen molar-refractivity contribution in [1.82, 2.24) is 9.21 Å². The summed E-state index contributed by atoms with van der Waals surface area (Å²) in [5.74, 6) is -0.134. The number of hydrogen-bond donors (Lipinski definition) is 1. The van der Waals surface area contributed by atoms with Crippen LogP contribution in [0.3, 0.4) is 0 Å². The molecule has 0 unspecified atom stereocenters. The first-order valence-corrected chi connectivity index (χ1v) is 10.1. The summed E-state index contributed by atoms with van der Waals surface area (Å²) in [6.07, 6.45) is 2.94. The van der Waals surface area contributed by atoms with Crippen LogP contribution in [0.1, 0.15) is 29.6 Å². The minimum absolute atomic E-state index is 0. The second kappa shape index (κ2) is 8.12. The first-order chi connectivity index (χ1) is 11.8. The summed E-state index contributed by atoms with van der Waals surface area (Å²) >= 11 is 0. The monoisotopic (exact) mass is 402 g/mol. The summed E-state index contributed by atoms with van der Waals surface area (Å²) in [4.78, 5) is 17.1. The molecule has 0 bridgehead atoms. The molecule has 7 nitrogen and oxygen atoms in total. The Kier molecular flexibility index (Phi) is 6.55. The molecule has 2 saturated heterocycles. The molecule has 2 heterocycles. The van der Waals surface area contributed by atoms with Crippen LogP contribution in [0.5, 0.6) is 0 Å². The van der Waals surface area contributed by atoms with E-state index in [2.05, 4.69) is 4.90 Å². The highest BCUT2D eigenvalue weighted by Crippen LogP contribution is 2.29. The molecule has 2 fully saturated rings. The number of carbonyl (C=O) groups excluding carboxylic acids is 1. The molecule has 2 aliphatic rings. The molecule has 1 atom stereocenters. The Balaban J connectivity index is 0.00000243. The lowest BCUT2D eigenvalue weighted by Gasteiger charge is -2.25. The average Bonchev–Trinajstić information content (AvgIpc) is 3.25. The minimum atomic E-state index is -3.59. The zero-order chi connectivity index (χ0) is 18.2.